The van der Waals surface area contributed by atoms with Crippen LogP contribution in [-0.4, -0.2) is 16.2 Å². The van der Waals surface area contributed by atoms with E-state index in [2.05, 4.69) is 174 Å². The molecule has 2 aromatic heterocycles. The summed E-state index contributed by atoms with van der Waals surface area (Å²) in [6.45, 7) is 0. The quantitative estimate of drug-likeness (QED) is 0.197. The second kappa shape index (κ2) is 11.5. The molecule has 52 heavy (non-hydrogen) atoms. The zero-order chi connectivity index (χ0) is 34.2. The Hall–Kier alpha value is -6.56. The van der Waals surface area contributed by atoms with Gasteiger partial charge in [-0.3, -0.25) is 0 Å². The molecule has 1 N–H and O–H groups in total. The Kier molecular flexibility index (Phi) is 6.45. The van der Waals surface area contributed by atoms with Crippen LogP contribution >= 0.6 is 11.3 Å². The highest BCUT2D eigenvalue weighted by Crippen LogP contribution is 2.41. The molecule has 0 bridgehead atoms. The number of nitrogens with one attached hydrogen (secondary N) is 1. The average molecular weight is 683 g/mol. The molecule has 0 saturated carbocycles. The SMILES string of the molecule is c1ccc(C2=NC(c3cccc(-n4c5ccc6ccccc6c5c5c6ccccc6ccc54)c3)N=C(c3ccc4sc5ccccc5c4c3)N2)cc1. The summed E-state index contributed by atoms with van der Waals surface area (Å²) in [6.07, 6.45) is -0.434. The highest BCUT2D eigenvalue weighted by molar-refractivity contribution is 7.25. The minimum atomic E-state index is -0.434. The summed E-state index contributed by atoms with van der Waals surface area (Å²) in [5.74, 6) is 1.63. The monoisotopic (exact) mass is 682 g/mol. The van der Waals surface area contributed by atoms with Crippen LogP contribution in [0.25, 0.3) is 69.2 Å². The van der Waals surface area contributed by atoms with E-state index in [1.165, 1.54) is 63.5 Å². The number of rotatable bonds is 4. The van der Waals surface area contributed by atoms with E-state index in [9.17, 15) is 0 Å². The minimum absolute atomic E-state index is 0.434. The van der Waals surface area contributed by atoms with Gasteiger partial charge in [-0.1, -0.05) is 121 Å². The Morgan fingerprint density at radius 1 is 0.462 bits per heavy atom. The number of aromatic nitrogens is 1. The molecule has 10 aromatic rings. The lowest BCUT2D eigenvalue weighted by atomic mass is 10.00. The standard InChI is InChI=1S/C47H30N4S/c1-2-13-31(14-3-1)45-48-46(50-47(49-45)33-23-26-42-38(28-33)37-19-8-9-20-41(37)52-42)32-15-10-16-34(27-32)51-39-24-21-29-11-4-6-17-35(29)43(39)44-36-18-7-5-12-30(36)22-25-40(44)51/h1-28,46H,(H,48,49,50). The predicted octanol–water partition coefficient (Wildman–Crippen LogP) is 12.0. The van der Waals surface area contributed by atoms with Crippen molar-refractivity contribution in [3.8, 4) is 5.69 Å². The lowest BCUT2D eigenvalue weighted by Gasteiger charge is -2.23. The van der Waals surface area contributed by atoms with E-state index >= 15 is 0 Å². The van der Waals surface area contributed by atoms with E-state index in [1.807, 2.05) is 17.4 Å². The summed E-state index contributed by atoms with van der Waals surface area (Å²) < 4.78 is 4.98. The van der Waals surface area contributed by atoms with Gasteiger partial charge in [-0.25, -0.2) is 9.98 Å². The van der Waals surface area contributed by atoms with Crippen LogP contribution in [0.15, 0.2) is 180 Å². The predicted molar refractivity (Wildman–Crippen MR) is 221 cm³/mol. The summed E-state index contributed by atoms with van der Waals surface area (Å²) in [5, 5.41) is 13.7. The van der Waals surface area contributed by atoms with Crippen molar-refractivity contribution in [2.24, 2.45) is 9.98 Å². The van der Waals surface area contributed by atoms with E-state index in [0.717, 1.165) is 34.0 Å². The van der Waals surface area contributed by atoms with Gasteiger partial charge in [0.05, 0.1) is 11.0 Å². The lowest BCUT2D eigenvalue weighted by Crippen LogP contribution is -2.36. The zero-order valence-electron chi connectivity index (χ0n) is 28.0. The molecule has 1 aliphatic rings. The smallest absolute Gasteiger partial charge is 0.169 e. The topological polar surface area (TPSA) is 41.7 Å². The highest BCUT2D eigenvalue weighted by atomic mass is 32.1. The normalized spacial score (nSPS) is 14.7. The van der Waals surface area contributed by atoms with Crippen molar-refractivity contribution >= 4 is 86.5 Å². The van der Waals surface area contributed by atoms with Crippen LogP contribution in [-0.2, 0) is 0 Å². The molecule has 1 aliphatic heterocycles. The number of fused-ring (bicyclic) bond motifs is 10. The molecule has 4 nitrogen and oxygen atoms in total. The Morgan fingerprint density at radius 2 is 1.08 bits per heavy atom. The van der Waals surface area contributed by atoms with Gasteiger partial charge >= 0.3 is 0 Å². The fourth-order valence-electron chi connectivity index (χ4n) is 8.01. The maximum Gasteiger partial charge on any atom is 0.169 e. The summed E-state index contributed by atoms with van der Waals surface area (Å²) in [6, 6.07) is 60.9. The third-order valence-corrected chi connectivity index (χ3v) is 11.6. The third kappa shape index (κ3) is 4.53. The van der Waals surface area contributed by atoms with E-state index in [1.54, 1.807) is 0 Å². The Bertz CT molecular complexity index is 3020. The van der Waals surface area contributed by atoms with Crippen molar-refractivity contribution in [1.82, 2.24) is 9.88 Å². The minimum Gasteiger partial charge on any atom is -0.324 e. The zero-order valence-corrected chi connectivity index (χ0v) is 28.8. The molecule has 0 spiro atoms. The number of benzene rings is 8. The van der Waals surface area contributed by atoms with Gasteiger partial charge in [-0.15, -0.1) is 11.3 Å². The largest absolute Gasteiger partial charge is 0.324 e. The van der Waals surface area contributed by atoms with Gasteiger partial charge in [0.1, 0.15) is 11.7 Å². The first-order chi connectivity index (χ1) is 25.8. The highest BCUT2D eigenvalue weighted by Gasteiger charge is 2.23. The molecular formula is C47H30N4S. The molecule has 0 amide bonds. The molecule has 0 fully saturated rings. The van der Waals surface area contributed by atoms with Crippen LogP contribution in [0.5, 0.6) is 0 Å². The maximum atomic E-state index is 5.31. The molecule has 1 unspecified atom stereocenters. The van der Waals surface area contributed by atoms with Crippen LogP contribution in [0.1, 0.15) is 22.9 Å². The van der Waals surface area contributed by atoms with Gasteiger partial charge in [-0.05, 0) is 70.1 Å². The van der Waals surface area contributed by atoms with Crippen molar-refractivity contribution in [2.45, 2.75) is 6.17 Å². The van der Waals surface area contributed by atoms with Gasteiger partial charge in [0.2, 0.25) is 0 Å². The number of hydrogen-bond donors (Lipinski definition) is 1. The molecule has 5 heteroatoms. The molecule has 1 atom stereocenters. The van der Waals surface area contributed by atoms with Gasteiger partial charge < -0.3 is 9.88 Å². The number of amidine groups is 2. The van der Waals surface area contributed by atoms with Crippen LogP contribution in [0.2, 0.25) is 0 Å². The summed E-state index contributed by atoms with van der Waals surface area (Å²) in [7, 11) is 0. The fraction of sp³-hybridized carbons (Fsp3) is 0.0213. The van der Waals surface area contributed by atoms with E-state index in [-0.39, 0.29) is 0 Å². The third-order valence-electron chi connectivity index (χ3n) is 10.4. The van der Waals surface area contributed by atoms with Gasteiger partial charge in [0.25, 0.3) is 0 Å². The van der Waals surface area contributed by atoms with Gasteiger partial charge in [-0.2, -0.15) is 0 Å². The van der Waals surface area contributed by atoms with Crippen molar-refractivity contribution in [2.75, 3.05) is 0 Å². The Morgan fingerprint density at radius 3 is 1.81 bits per heavy atom. The van der Waals surface area contributed by atoms with Crippen LogP contribution in [0, 0.1) is 0 Å². The summed E-state index contributed by atoms with van der Waals surface area (Å²) in [4.78, 5) is 10.6. The first-order valence-corrected chi connectivity index (χ1v) is 18.4. The number of thiophene rings is 1. The van der Waals surface area contributed by atoms with E-state index in [4.69, 9.17) is 9.98 Å². The Labute approximate surface area is 303 Å². The second-order valence-corrected chi connectivity index (χ2v) is 14.5. The first-order valence-electron chi connectivity index (χ1n) is 17.6. The van der Waals surface area contributed by atoms with Crippen molar-refractivity contribution in [3.63, 3.8) is 0 Å². The van der Waals surface area contributed by atoms with Crippen molar-refractivity contribution in [1.29, 1.82) is 0 Å². The molecule has 3 heterocycles. The number of nitrogens with zero attached hydrogens (tertiary/aromatic N) is 3. The molecular weight excluding hydrogens is 653 g/mol. The van der Waals surface area contributed by atoms with Gasteiger partial charge in [0, 0.05) is 53.3 Å². The Balaban J connectivity index is 1.11. The van der Waals surface area contributed by atoms with Crippen LogP contribution in [0.4, 0.5) is 0 Å². The number of hydrogen-bond acceptors (Lipinski definition) is 4. The molecule has 0 saturated heterocycles. The summed E-state index contributed by atoms with van der Waals surface area (Å²) in [5.41, 5.74) is 6.55. The fourth-order valence-corrected chi connectivity index (χ4v) is 9.10. The average Bonchev–Trinajstić information content (AvgIpc) is 3.77. The van der Waals surface area contributed by atoms with Crippen molar-refractivity contribution in [3.05, 3.63) is 187 Å². The van der Waals surface area contributed by atoms with Crippen LogP contribution in [0.3, 0.4) is 0 Å². The molecule has 8 aromatic carbocycles. The molecule has 0 radical (unpaired) electrons. The van der Waals surface area contributed by atoms with Crippen molar-refractivity contribution < 1.29 is 0 Å². The summed E-state index contributed by atoms with van der Waals surface area (Å²) >= 11 is 1.83. The van der Waals surface area contributed by atoms with E-state index < -0.39 is 6.17 Å². The van der Waals surface area contributed by atoms with Crippen LogP contribution < -0.4 is 5.32 Å². The molecule has 244 valence electrons. The first kappa shape index (κ1) is 29.2. The molecule has 11 rings (SSSR count). The maximum absolute atomic E-state index is 5.31. The number of aliphatic imine (C=N–C) groups is 2. The lowest BCUT2D eigenvalue weighted by molar-refractivity contribution is 0.755. The molecule has 0 aliphatic carbocycles. The van der Waals surface area contributed by atoms with E-state index in [0.29, 0.717) is 0 Å². The van der Waals surface area contributed by atoms with Gasteiger partial charge in [0.15, 0.2) is 6.17 Å². The second-order valence-electron chi connectivity index (χ2n) is 13.4.